The zero-order valence-electron chi connectivity index (χ0n) is 16.5. The van der Waals surface area contributed by atoms with Crippen molar-refractivity contribution in [2.45, 2.75) is 24.6 Å². The topological polar surface area (TPSA) is 76.4 Å². The molecule has 4 rings (SSSR count). The molecule has 1 aliphatic heterocycles. The number of oxazole rings is 1. The molecule has 6 nitrogen and oxygen atoms in total. The van der Waals surface area contributed by atoms with E-state index in [-0.39, 0.29) is 29.9 Å². The highest BCUT2D eigenvalue weighted by Crippen LogP contribution is 2.36. The fourth-order valence-electron chi connectivity index (χ4n) is 3.43. The number of hydrogen-bond acceptors (Lipinski definition) is 5. The molecular weight excluding hydrogens is 437 g/mol. The van der Waals surface area contributed by atoms with Gasteiger partial charge < -0.3 is 19.8 Å². The molecule has 0 aliphatic carbocycles. The Morgan fingerprint density at radius 2 is 1.94 bits per heavy atom. The van der Waals surface area contributed by atoms with Crippen molar-refractivity contribution in [1.82, 2.24) is 15.6 Å². The van der Waals surface area contributed by atoms with Gasteiger partial charge in [-0.15, -0.1) is 0 Å². The highest BCUT2D eigenvalue weighted by atomic mass is 19.4. The van der Waals surface area contributed by atoms with Crippen molar-refractivity contribution in [2.75, 3.05) is 19.7 Å². The lowest BCUT2D eigenvalue weighted by Crippen LogP contribution is -2.57. The van der Waals surface area contributed by atoms with E-state index in [1.165, 1.54) is 24.3 Å². The van der Waals surface area contributed by atoms with Crippen LogP contribution in [0.15, 0.2) is 46.9 Å². The van der Waals surface area contributed by atoms with Crippen molar-refractivity contribution in [3.63, 3.8) is 0 Å². The maximum atomic E-state index is 14.0. The number of carbonyl (C=O) groups excluding carboxylic acids is 1. The smallest absolute Gasteiger partial charge is 0.422 e. The number of ether oxygens (including phenoxy) is 1. The first-order valence-corrected chi connectivity index (χ1v) is 9.72. The lowest BCUT2D eigenvalue weighted by Gasteiger charge is -2.31. The number of aromatic nitrogens is 1. The number of nitrogens with one attached hydrogen (secondary N) is 2. The van der Waals surface area contributed by atoms with E-state index in [1.54, 1.807) is 18.2 Å². The Morgan fingerprint density at radius 1 is 1.19 bits per heavy atom. The maximum absolute atomic E-state index is 14.0. The molecule has 0 unspecified atom stereocenters. The number of benzene rings is 2. The molecule has 1 saturated heterocycles. The molecule has 2 heterocycles. The zero-order valence-corrected chi connectivity index (χ0v) is 16.5. The predicted molar refractivity (Wildman–Crippen MR) is 105 cm³/mol. The van der Waals surface area contributed by atoms with E-state index in [0.717, 1.165) is 0 Å². The lowest BCUT2D eigenvalue weighted by atomic mass is 10.0. The predicted octanol–water partition coefficient (Wildman–Crippen LogP) is 4.16. The molecule has 0 radical (unpaired) electrons. The van der Waals surface area contributed by atoms with Gasteiger partial charge in [-0.1, -0.05) is 30.3 Å². The summed E-state index contributed by atoms with van der Waals surface area (Å²) in [6.45, 7) is -1.44. The van der Waals surface area contributed by atoms with Crippen molar-refractivity contribution >= 4 is 17.0 Å². The van der Waals surface area contributed by atoms with Crippen LogP contribution in [0.4, 0.5) is 22.0 Å². The van der Waals surface area contributed by atoms with Gasteiger partial charge in [0, 0.05) is 30.6 Å². The number of amides is 1. The van der Waals surface area contributed by atoms with Crippen molar-refractivity contribution in [3.05, 3.63) is 48.4 Å². The molecule has 32 heavy (non-hydrogen) atoms. The van der Waals surface area contributed by atoms with Crippen LogP contribution in [0.3, 0.4) is 0 Å². The van der Waals surface area contributed by atoms with Gasteiger partial charge in [0.05, 0.1) is 0 Å². The van der Waals surface area contributed by atoms with Crippen molar-refractivity contribution in [3.8, 4) is 16.9 Å². The molecule has 170 valence electrons. The van der Waals surface area contributed by atoms with Crippen molar-refractivity contribution < 1.29 is 35.9 Å². The summed E-state index contributed by atoms with van der Waals surface area (Å²) in [5.41, 5.74) is 1.01. The fraction of sp³-hybridized carbons (Fsp3) is 0.333. The van der Waals surface area contributed by atoms with Gasteiger partial charge in [-0.3, -0.25) is 4.79 Å². The summed E-state index contributed by atoms with van der Waals surface area (Å²) in [5, 5.41) is 5.03. The molecular formula is C21H18F5N3O3. The number of rotatable bonds is 5. The average molecular weight is 455 g/mol. The van der Waals surface area contributed by atoms with E-state index in [9.17, 15) is 26.7 Å². The van der Waals surface area contributed by atoms with E-state index >= 15 is 0 Å². The number of nitrogens with zero attached hydrogens (tertiary/aromatic N) is 1. The molecule has 1 aromatic heterocycles. The number of hydrogen-bond donors (Lipinski definition) is 2. The molecule has 1 atom stereocenters. The van der Waals surface area contributed by atoms with Gasteiger partial charge in [0.15, 0.2) is 12.2 Å². The number of piperidine rings is 1. The van der Waals surface area contributed by atoms with Gasteiger partial charge in [-0.25, -0.2) is 13.8 Å². The molecule has 2 N–H and O–H groups in total. The molecule has 3 aromatic rings. The summed E-state index contributed by atoms with van der Waals surface area (Å²) in [4.78, 5) is 16.6. The minimum absolute atomic E-state index is 0.0346. The number of fused-ring (bicyclic) bond motifs is 1. The third-order valence-electron chi connectivity index (χ3n) is 4.98. The van der Waals surface area contributed by atoms with Crippen LogP contribution >= 0.6 is 0 Å². The van der Waals surface area contributed by atoms with Crippen LogP contribution in [-0.2, 0) is 0 Å². The monoisotopic (exact) mass is 455 g/mol. The summed E-state index contributed by atoms with van der Waals surface area (Å²) in [5.74, 6) is -4.45. The van der Waals surface area contributed by atoms with Crippen LogP contribution in [0.25, 0.3) is 22.2 Å². The molecule has 1 fully saturated rings. The van der Waals surface area contributed by atoms with Gasteiger partial charge in [-0.05, 0) is 12.1 Å². The number of para-hydroxylation sites is 2. The van der Waals surface area contributed by atoms with Crippen LogP contribution in [0.5, 0.6) is 5.75 Å². The summed E-state index contributed by atoms with van der Waals surface area (Å²) in [7, 11) is 0. The number of carbonyl (C=O) groups is 1. The maximum Gasteiger partial charge on any atom is 0.422 e. The van der Waals surface area contributed by atoms with E-state index in [1.807, 2.05) is 0 Å². The van der Waals surface area contributed by atoms with E-state index in [4.69, 9.17) is 9.15 Å². The van der Waals surface area contributed by atoms with E-state index in [0.29, 0.717) is 11.1 Å². The Bertz CT molecular complexity index is 1130. The first-order valence-electron chi connectivity index (χ1n) is 9.72. The average Bonchev–Trinajstić information content (AvgIpc) is 3.18. The Hall–Kier alpha value is -3.21. The Balaban J connectivity index is 1.64. The summed E-state index contributed by atoms with van der Waals surface area (Å²) in [6, 6.07) is 9.32. The Morgan fingerprint density at radius 3 is 2.69 bits per heavy atom. The largest absolute Gasteiger partial charge is 0.483 e. The van der Waals surface area contributed by atoms with E-state index in [2.05, 4.69) is 15.6 Å². The second kappa shape index (κ2) is 8.38. The quantitative estimate of drug-likeness (QED) is 0.565. The van der Waals surface area contributed by atoms with Crippen LogP contribution in [0, 0.1) is 0 Å². The molecule has 1 amide bonds. The fourth-order valence-corrected chi connectivity index (χ4v) is 3.43. The van der Waals surface area contributed by atoms with Crippen LogP contribution in [0.1, 0.15) is 17.1 Å². The second-order valence-electron chi connectivity index (χ2n) is 7.31. The minimum Gasteiger partial charge on any atom is -0.483 e. The molecule has 0 spiro atoms. The summed E-state index contributed by atoms with van der Waals surface area (Å²) in [6.07, 6.45) is -4.93. The third-order valence-corrected chi connectivity index (χ3v) is 4.98. The first kappa shape index (κ1) is 22.0. The van der Waals surface area contributed by atoms with Crippen molar-refractivity contribution in [2.24, 2.45) is 0 Å². The van der Waals surface area contributed by atoms with Crippen LogP contribution in [-0.4, -0.2) is 48.7 Å². The molecule has 0 bridgehead atoms. The lowest BCUT2D eigenvalue weighted by molar-refractivity contribution is -0.153. The first-order chi connectivity index (χ1) is 15.1. The normalized spacial score (nSPS) is 18.5. The van der Waals surface area contributed by atoms with Gasteiger partial charge >= 0.3 is 12.1 Å². The molecule has 2 aromatic carbocycles. The third kappa shape index (κ3) is 4.67. The SMILES string of the molecule is O=C(N[C@H]1CNCCC1(F)F)c1nc2cccc(-c3ccccc3OCC(F)(F)F)c2o1. The van der Waals surface area contributed by atoms with Gasteiger partial charge in [0.25, 0.3) is 11.8 Å². The minimum atomic E-state index is -4.52. The number of halogens is 5. The molecule has 1 aliphatic rings. The van der Waals surface area contributed by atoms with Gasteiger partial charge in [-0.2, -0.15) is 13.2 Å². The molecule has 0 saturated carbocycles. The second-order valence-corrected chi connectivity index (χ2v) is 7.31. The van der Waals surface area contributed by atoms with Crippen LogP contribution in [0.2, 0.25) is 0 Å². The Kier molecular flexibility index (Phi) is 5.76. The highest BCUT2D eigenvalue weighted by molar-refractivity contribution is 5.97. The van der Waals surface area contributed by atoms with Gasteiger partial charge in [0.2, 0.25) is 0 Å². The summed E-state index contributed by atoms with van der Waals surface area (Å²) < 4.78 is 76.4. The summed E-state index contributed by atoms with van der Waals surface area (Å²) >= 11 is 0. The van der Waals surface area contributed by atoms with Gasteiger partial charge in [0.1, 0.15) is 17.3 Å². The van der Waals surface area contributed by atoms with E-state index < -0.39 is 43.0 Å². The standard InChI is InChI=1S/C21H18F5N3O3/c22-20(23)8-9-27-10-16(20)29-18(30)19-28-14-6-3-5-13(17(14)32-19)12-4-1-2-7-15(12)31-11-21(24,25)26/h1-7,16,27H,8-11H2,(H,29,30)/t16-/m0/s1. The molecule has 11 heteroatoms. The van der Waals surface area contributed by atoms with Crippen LogP contribution < -0.4 is 15.4 Å². The highest BCUT2D eigenvalue weighted by Gasteiger charge is 2.43. The zero-order chi connectivity index (χ0) is 22.9. The Labute approximate surface area is 178 Å². The number of alkyl halides is 5. The van der Waals surface area contributed by atoms with Crippen molar-refractivity contribution in [1.29, 1.82) is 0 Å².